The van der Waals surface area contributed by atoms with Crippen molar-refractivity contribution >= 4 is 27.7 Å². The van der Waals surface area contributed by atoms with Crippen LogP contribution in [0, 0.1) is 5.92 Å². The van der Waals surface area contributed by atoms with Crippen molar-refractivity contribution in [3.05, 3.63) is 51.3 Å². The molecule has 2 atom stereocenters. The Bertz CT molecular complexity index is 914. The van der Waals surface area contributed by atoms with Gasteiger partial charge in [-0.05, 0) is 72.7 Å². The van der Waals surface area contributed by atoms with Gasteiger partial charge in [0.2, 0.25) is 0 Å². The van der Waals surface area contributed by atoms with Crippen molar-refractivity contribution in [3.8, 4) is 5.75 Å². The Kier molecular flexibility index (Phi) is 6.32. The number of hydrogen-bond donors (Lipinski definition) is 1. The minimum atomic E-state index is -0.392. The lowest BCUT2D eigenvalue weighted by Crippen LogP contribution is -2.41. The summed E-state index contributed by atoms with van der Waals surface area (Å²) in [6.45, 7) is 1.90. The number of methoxy groups -OCH3 is 1. The second-order valence-electron chi connectivity index (χ2n) is 8.34. The summed E-state index contributed by atoms with van der Waals surface area (Å²) in [6.07, 6.45) is 8.49. The minimum absolute atomic E-state index is 0.0335. The molecular formula is C24H28BrNO4. The van der Waals surface area contributed by atoms with Crippen LogP contribution in [-0.4, -0.2) is 25.0 Å². The molecule has 1 saturated carbocycles. The van der Waals surface area contributed by atoms with Gasteiger partial charge < -0.3 is 14.8 Å². The summed E-state index contributed by atoms with van der Waals surface area (Å²) in [5.74, 6) is -0.195. The zero-order valence-corrected chi connectivity index (χ0v) is 19.1. The molecule has 1 fully saturated rings. The summed E-state index contributed by atoms with van der Waals surface area (Å²) >= 11 is 3.56. The first-order valence-corrected chi connectivity index (χ1v) is 11.5. The number of ether oxygens (including phenoxy) is 2. The van der Waals surface area contributed by atoms with E-state index >= 15 is 0 Å². The Morgan fingerprint density at radius 3 is 2.63 bits per heavy atom. The number of ketones is 1. The number of carbonyl (C=O) groups excluding carboxylic acids is 2. The minimum Gasteiger partial charge on any atom is -0.496 e. The van der Waals surface area contributed by atoms with E-state index in [-0.39, 0.29) is 23.8 Å². The van der Waals surface area contributed by atoms with E-state index < -0.39 is 5.92 Å². The van der Waals surface area contributed by atoms with Crippen molar-refractivity contribution in [2.75, 3.05) is 7.11 Å². The van der Waals surface area contributed by atoms with E-state index in [0.29, 0.717) is 17.7 Å². The molecule has 2 unspecified atom stereocenters. The van der Waals surface area contributed by atoms with Crippen LogP contribution in [0.4, 0.5) is 0 Å². The van der Waals surface area contributed by atoms with Crippen molar-refractivity contribution in [1.82, 2.24) is 5.32 Å². The highest BCUT2D eigenvalue weighted by Crippen LogP contribution is 2.45. The van der Waals surface area contributed by atoms with Crippen LogP contribution in [0.5, 0.6) is 5.75 Å². The Hall–Kier alpha value is -2.08. The van der Waals surface area contributed by atoms with Gasteiger partial charge >= 0.3 is 5.97 Å². The van der Waals surface area contributed by atoms with Crippen molar-refractivity contribution in [2.45, 2.75) is 63.9 Å². The smallest absolute Gasteiger partial charge is 0.336 e. The molecule has 30 heavy (non-hydrogen) atoms. The topological polar surface area (TPSA) is 64.6 Å². The maximum absolute atomic E-state index is 13.4. The lowest BCUT2D eigenvalue weighted by Gasteiger charge is -2.38. The first-order valence-electron chi connectivity index (χ1n) is 10.7. The molecular weight excluding hydrogens is 446 g/mol. The number of Topliss-reactive ketones (excluding diaryl/α,β-unsaturated/α-hetero) is 1. The predicted octanol–water partition coefficient (Wildman–Crippen LogP) is 5.16. The van der Waals surface area contributed by atoms with Crippen LogP contribution in [0.1, 0.15) is 63.4 Å². The second-order valence-corrected chi connectivity index (χ2v) is 9.20. The van der Waals surface area contributed by atoms with E-state index in [2.05, 4.69) is 27.3 Å². The monoisotopic (exact) mass is 473 g/mol. The molecule has 5 nitrogen and oxygen atoms in total. The van der Waals surface area contributed by atoms with Gasteiger partial charge in [-0.3, -0.25) is 4.79 Å². The van der Waals surface area contributed by atoms with Crippen molar-refractivity contribution < 1.29 is 19.1 Å². The molecule has 0 aromatic heterocycles. The molecule has 1 heterocycles. The van der Waals surface area contributed by atoms with Crippen LogP contribution in [0.2, 0.25) is 0 Å². The molecule has 1 N–H and O–H groups in total. The van der Waals surface area contributed by atoms with Gasteiger partial charge in [0.15, 0.2) is 0 Å². The molecule has 0 bridgehead atoms. The quantitative estimate of drug-likeness (QED) is 0.611. The van der Waals surface area contributed by atoms with Gasteiger partial charge in [-0.2, -0.15) is 0 Å². The number of benzene rings is 1. The summed E-state index contributed by atoms with van der Waals surface area (Å²) in [4.78, 5) is 26.4. The van der Waals surface area contributed by atoms with Gasteiger partial charge in [0.1, 0.15) is 17.6 Å². The average Bonchev–Trinajstić information content (AvgIpc) is 2.73. The first-order chi connectivity index (χ1) is 14.5. The van der Waals surface area contributed by atoms with Crippen molar-refractivity contribution in [3.63, 3.8) is 0 Å². The van der Waals surface area contributed by atoms with Gasteiger partial charge in [-0.15, -0.1) is 0 Å². The summed E-state index contributed by atoms with van der Waals surface area (Å²) in [5.41, 5.74) is 3.14. The average molecular weight is 474 g/mol. The van der Waals surface area contributed by atoms with Crippen LogP contribution >= 0.6 is 15.9 Å². The van der Waals surface area contributed by atoms with E-state index in [1.54, 1.807) is 7.11 Å². The number of halogens is 1. The van der Waals surface area contributed by atoms with Gasteiger partial charge in [0, 0.05) is 23.7 Å². The molecule has 0 saturated heterocycles. The van der Waals surface area contributed by atoms with Crippen LogP contribution in [-0.2, 0) is 14.3 Å². The standard InChI is InChI=1S/C24H28BrNO4/c1-14-21(24(28)30-16-7-4-3-5-8-16)22(15-11-12-20(29-2)17(25)13-15)23-18(26-14)9-6-10-19(23)27/h9,11-13,16,22-23,26H,3-8,10H2,1-2H3. The summed E-state index contributed by atoms with van der Waals surface area (Å²) < 4.78 is 12.1. The van der Waals surface area contributed by atoms with Crippen LogP contribution in [0.3, 0.4) is 0 Å². The third-order valence-electron chi connectivity index (χ3n) is 6.40. The van der Waals surface area contributed by atoms with Crippen LogP contribution in [0.15, 0.2) is 45.7 Å². The van der Waals surface area contributed by atoms with Gasteiger partial charge in [-0.25, -0.2) is 4.79 Å². The summed E-state index contributed by atoms with van der Waals surface area (Å²) in [6, 6.07) is 5.77. The van der Waals surface area contributed by atoms with Crippen LogP contribution in [0.25, 0.3) is 0 Å². The number of allylic oxidation sites excluding steroid dienone is 3. The normalized spacial score (nSPS) is 24.6. The van der Waals surface area contributed by atoms with Gasteiger partial charge in [0.25, 0.3) is 0 Å². The fourth-order valence-electron chi connectivity index (χ4n) is 4.92. The number of fused-ring (bicyclic) bond motifs is 1. The Morgan fingerprint density at radius 2 is 1.93 bits per heavy atom. The zero-order chi connectivity index (χ0) is 21.3. The molecule has 1 aliphatic heterocycles. The van der Waals surface area contributed by atoms with Crippen molar-refractivity contribution in [1.29, 1.82) is 0 Å². The van der Waals surface area contributed by atoms with Crippen molar-refractivity contribution in [2.24, 2.45) is 5.92 Å². The van der Waals surface area contributed by atoms with E-state index in [1.165, 1.54) is 6.42 Å². The molecule has 1 aromatic carbocycles. The number of rotatable bonds is 4. The molecule has 0 radical (unpaired) electrons. The Morgan fingerprint density at radius 1 is 1.17 bits per heavy atom. The Labute approximate surface area is 186 Å². The molecule has 2 aliphatic carbocycles. The lowest BCUT2D eigenvalue weighted by atomic mass is 9.71. The van der Waals surface area contributed by atoms with Gasteiger partial charge in [-0.1, -0.05) is 18.6 Å². The summed E-state index contributed by atoms with van der Waals surface area (Å²) in [5, 5.41) is 3.34. The first kappa shape index (κ1) is 21.2. The van der Waals surface area contributed by atoms with E-state index in [4.69, 9.17) is 9.47 Å². The highest BCUT2D eigenvalue weighted by atomic mass is 79.9. The molecule has 1 aromatic rings. The lowest BCUT2D eigenvalue weighted by molar-refractivity contribution is -0.146. The highest BCUT2D eigenvalue weighted by molar-refractivity contribution is 9.10. The maximum Gasteiger partial charge on any atom is 0.336 e. The number of nitrogens with one attached hydrogen (secondary N) is 1. The van der Waals surface area contributed by atoms with Gasteiger partial charge in [0.05, 0.1) is 23.1 Å². The zero-order valence-electron chi connectivity index (χ0n) is 17.5. The SMILES string of the molecule is COc1ccc(C2C(C(=O)OC3CCCCC3)=C(C)NC3=CCCC(=O)C32)cc1Br. The third-order valence-corrected chi connectivity index (χ3v) is 7.02. The third kappa shape index (κ3) is 4.07. The fraction of sp³-hybridized carbons (Fsp3) is 0.500. The molecule has 160 valence electrons. The highest BCUT2D eigenvalue weighted by Gasteiger charge is 2.43. The number of carbonyl (C=O) groups is 2. The van der Waals surface area contributed by atoms with Crippen LogP contribution < -0.4 is 10.1 Å². The molecule has 3 aliphatic rings. The number of esters is 1. The molecule has 0 spiro atoms. The molecule has 0 amide bonds. The maximum atomic E-state index is 13.4. The van der Waals surface area contributed by atoms with E-state index in [1.807, 2.05) is 25.1 Å². The largest absolute Gasteiger partial charge is 0.496 e. The summed E-state index contributed by atoms with van der Waals surface area (Å²) in [7, 11) is 1.62. The Balaban J connectivity index is 1.75. The predicted molar refractivity (Wildman–Crippen MR) is 118 cm³/mol. The number of hydrogen-bond acceptors (Lipinski definition) is 5. The second kappa shape index (κ2) is 8.96. The van der Waals surface area contributed by atoms with E-state index in [0.717, 1.165) is 53.5 Å². The fourth-order valence-corrected chi connectivity index (χ4v) is 5.48. The molecule has 4 rings (SSSR count). The van der Waals surface area contributed by atoms with E-state index in [9.17, 15) is 9.59 Å². The molecule has 6 heteroatoms.